The van der Waals surface area contributed by atoms with E-state index in [1.807, 2.05) is 14.2 Å². The second-order valence-electron chi connectivity index (χ2n) is 6.32. The van der Waals surface area contributed by atoms with Gasteiger partial charge in [0.2, 0.25) is 0 Å². The average Bonchev–Trinajstić information content (AvgIpc) is 2.53. The van der Waals surface area contributed by atoms with Gasteiger partial charge in [-0.2, -0.15) is 0 Å². The number of rotatable bonds is 6. The molecule has 1 unspecified atom stereocenters. The summed E-state index contributed by atoms with van der Waals surface area (Å²) in [6.45, 7) is 6.04. The minimum Gasteiger partial charge on any atom is -0.381 e. The standard InChI is InChI=1S/C18H29NO2/c1-14(2)16-7-5-15(6-8-16)13-17(19-3)18(20-4)9-11-21-12-10-18/h5-8,14,17,19H,9-13H2,1-4H3. The molecular formula is C18H29NO2. The zero-order valence-corrected chi connectivity index (χ0v) is 13.8. The molecule has 0 aliphatic carbocycles. The first-order valence-electron chi connectivity index (χ1n) is 8.00. The van der Waals surface area contributed by atoms with Gasteiger partial charge in [-0.05, 0) is 30.5 Å². The molecular weight excluding hydrogens is 262 g/mol. The average molecular weight is 291 g/mol. The highest BCUT2D eigenvalue weighted by Crippen LogP contribution is 2.30. The highest BCUT2D eigenvalue weighted by molar-refractivity contribution is 5.25. The fourth-order valence-electron chi connectivity index (χ4n) is 3.24. The summed E-state index contributed by atoms with van der Waals surface area (Å²) in [5, 5.41) is 3.47. The van der Waals surface area contributed by atoms with Gasteiger partial charge in [-0.1, -0.05) is 38.1 Å². The summed E-state index contributed by atoms with van der Waals surface area (Å²) in [7, 11) is 3.86. The number of nitrogens with one attached hydrogen (secondary N) is 1. The SMILES string of the molecule is CNC(Cc1ccc(C(C)C)cc1)C1(OC)CCOCC1. The third-order valence-corrected chi connectivity index (χ3v) is 4.82. The number of methoxy groups -OCH3 is 1. The summed E-state index contributed by atoms with van der Waals surface area (Å²) < 4.78 is 11.4. The van der Waals surface area contributed by atoms with Crippen LogP contribution in [0.1, 0.15) is 43.7 Å². The summed E-state index contributed by atoms with van der Waals surface area (Å²) in [5.74, 6) is 0.583. The Morgan fingerprint density at radius 2 is 1.81 bits per heavy atom. The lowest BCUT2D eigenvalue weighted by Gasteiger charge is -2.42. The van der Waals surface area contributed by atoms with E-state index in [4.69, 9.17) is 9.47 Å². The molecule has 2 rings (SSSR count). The van der Waals surface area contributed by atoms with E-state index in [1.54, 1.807) is 0 Å². The van der Waals surface area contributed by atoms with Crippen LogP contribution in [-0.4, -0.2) is 39.0 Å². The predicted octanol–water partition coefficient (Wildman–Crippen LogP) is 3.14. The maximum atomic E-state index is 5.92. The van der Waals surface area contributed by atoms with Crippen LogP contribution in [0.2, 0.25) is 0 Å². The Morgan fingerprint density at radius 1 is 1.19 bits per heavy atom. The first-order chi connectivity index (χ1) is 10.1. The Morgan fingerprint density at radius 3 is 2.29 bits per heavy atom. The second kappa shape index (κ2) is 7.39. The molecule has 0 spiro atoms. The Balaban J connectivity index is 2.10. The van der Waals surface area contributed by atoms with Crippen molar-refractivity contribution in [3.63, 3.8) is 0 Å². The van der Waals surface area contributed by atoms with Gasteiger partial charge in [0, 0.05) is 39.2 Å². The van der Waals surface area contributed by atoms with E-state index in [0.717, 1.165) is 32.5 Å². The van der Waals surface area contributed by atoms with Gasteiger partial charge < -0.3 is 14.8 Å². The largest absolute Gasteiger partial charge is 0.381 e. The molecule has 1 aliphatic rings. The van der Waals surface area contributed by atoms with E-state index in [0.29, 0.717) is 12.0 Å². The monoisotopic (exact) mass is 291 g/mol. The van der Waals surface area contributed by atoms with Crippen molar-refractivity contribution in [1.29, 1.82) is 0 Å². The molecule has 1 aromatic rings. The molecule has 1 atom stereocenters. The first-order valence-corrected chi connectivity index (χ1v) is 8.00. The second-order valence-corrected chi connectivity index (χ2v) is 6.32. The maximum absolute atomic E-state index is 5.92. The van der Waals surface area contributed by atoms with Crippen molar-refractivity contribution in [2.24, 2.45) is 0 Å². The van der Waals surface area contributed by atoms with E-state index < -0.39 is 0 Å². The lowest BCUT2D eigenvalue weighted by Crippen LogP contribution is -2.55. The smallest absolute Gasteiger partial charge is 0.0877 e. The maximum Gasteiger partial charge on any atom is 0.0877 e. The molecule has 0 bridgehead atoms. The lowest BCUT2D eigenvalue weighted by molar-refractivity contribution is -0.109. The van der Waals surface area contributed by atoms with E-state index in [9.17, 15) is 0 Å². The van der Waals surface area contributed by atoms with Crippen molar-refractivity contribution in [1.82, 2.24) is 5.32 Å². The Kier molecular flexibility index (Phi) is 5.80. The lowest BCUT2D eigenvalue weighted by atomic mass is 9.82. The van der Waals surface area contributed by atoms with Crippen LogP contribution >= 0.6 is 0 Å². The van der Waals surface area contributed by atoms with Crippen molar-refractivity contribution in [3.05, 3.63) is 35.4 Å². The first kappa shape index (κ1) is 16.5. The van der Waals surface area contributed by atoms with E-state index >= 15 is 0 Å². The number of ether oxygens (including phenoxy) is 2. The van der Waals surface area contributed by atoms with Gasteiger partial charge in [-0.15, -0.1) is 0 Å². The normalized spacial score (nSPS) is 19.7. The molecule has 1 N–H and O–H groups in total. The van der Waals surface area contributed by atoms with Crippen molar-refractivity contribution in [2.75, 3.05) is 27.4 Å². The fraction of sp³-hybridized carbons (Fsp3) is 0.667. The third kappa shape index (κ3) is 3.85. The quantitative estimate of drug-likeness (QED) is 0.873. The molecule has 1 aliphatic heterocycles. The van der Waals surface area contributed by atoms with Crippen LogP contribution in [0.4, 0.5) is 0 Å². The summed E-state index contributed by atoms with van der Waals surface area (Å²) in [4.78, 5) is 0. The van der Waals surface area contributed by atoms with Gasteiger partial charge >= 0.3 is 0 Å². The fourth-order valence-corrected chi connectivity index (χ4v) is 3.24. The Labute approximate surface area is 129 Å². The van der Waals surface area contributed by atoms with Crippen LogP contribution in [0.5, 0.6) is 0 Å². The third-order valence-electron chi connectivity index (χ3n) is 4.82. The molecule has 21 heavy (non-hydrogen) atoms. The van der Waals surface area contributed by atoms with Crippen LogP contribution in [0.3, 0.4) is 0 Å². The number of hydrogen-bond acceptors (Lipinski definition) is 3. The molecule has 1 heterocycles. The molecule has 118 valence electrons. The topological polar surface area (TPSA) is 30.5 Å². The van der Waals surface area contributed by atoms with Gasteiger partial charge in [-0.25, -0.2) is 0 Å². The summed E-state index contributed by atoms with van der Waals surface area (Å²) in [5.41, 5.74) is 2.65. The van der Waals surface area contributed by atoms with Crippen molar-refractivity contribution in [2.45, 2.75) is 50.7 Å². The summed E-state index contributed by atoms with van der Waals surface area (Å²) in [6, 6.07) is 9.31. The van der Waals surface area contributed by atoms with Crippen LogP contribution < -0.4 is 5.32 Å². The summed E-state index contributed by atoms with van der Waals surface area (Å²) in [6.07, 6.45) is 2.90. The number of likely N-dealkylation sites (N-methyl/N-ethyl adjacent to an activating group) is 1. The molecule has 0 radical (unpaired) electrons. The van der Waals surface area contributed by atoms with Crippen LogP contribution in [-0.2, 0) is 15.9 Å². The van der Waals surface area contributed by atoms with Crippen LogP contribution in [0, 0.1) is 0 Å². The molecule has 1 fully saturated rings. The summed E-state index contributed by atoms with van der Waals surface area (Å²) >= 11 is 0. The highest BCUT2D eigenvalue weighted by Gasteiger charge is 2.39. The molecule has 1 saturated heterocycles. The molecule has 0 amide bonds. The van der Waals surface area contributed by atoms with Gasteiger partial charge in [0.25, 0.3) is 0 Å². The van der Waals surface area contributed by atoms with Crippen molar-refractivity contribution in [3.8, 4) is 0 Å². The minimum atomic E-state index is -0.107. The van der Waals surface area contributed by atoms with Gasteiger partial charge in [0.15, 0.2) is 0 Å². The molecule has 0 aromatic heterocycles. The number of benzene rings is 1. The zero-order valence-electron chi connectivity index (χ0n) is 13.8. The zero-order chi connectivity index (χ0) is 15.3. The number of hydrogen-bond donors (Lipinski definition) is 1. The Hall–Kier alpha value is -0.900. The molecule has 0 saturated carbocycles. The van der Waals surface area contributed by atoms with Crippen LogP contribution in [0.15, 0.2) is 24.3 Å². The minimum absolute atomic E-state index is 0.107. The van der Waals surface area contributed by atoms with Crippen LogP contribution in [0.25, 0.3) is 0 Å². The Bertz CT molecular complexity index is 421. The molecule has 3 heteroatoms. The van der Waals surface area contributed by atoms with Gasteiger partial charge in [0.05, 0.1) is 5.60 Å². The van der Waals surface area contributed by atoms with Crippen molar-refractivity contribution < 1.29 is 9.47 Å². The predicted molar refractivity (Wildman–Crippen MR) is 86.9 cm³/mol. The van der Waals surface area contributed by atoms with Crippen molar-refractivity contribution >= 4 is 0 Å². The van der Waals surface area contributed by atoms with Gasteiger partial charge in [0.1, 0.15) is 0 Å². The van der Waals surface area contributed by atoms with E-state index in [-0.39, 0.29) is 5.60 Å². The van der Waals surface area contributed by atoms with E-state index in [1.165, 1.54) is 11.1 Å². The molecule has 1 aromatic carbocycles. The van der Waals surface area contributed by atoms with E-state index in [2.05, 4.69) is 43.4 Å². The molecule has 3 nitrogen and oxygen atoms in total. The highest BCUT2D eigenvalue weighted by atomic mass is 16.5. The van der Waals surface area contributed by atoms with Gasteiger partial charge in [-0.3, -0.25) is 0 Å².